The molecule has 1 aliphatic heterocycles. The van der Waals surface area contributed by atoms with E-state index in [1.807, 2.05) is 35.2 Å². The van der Waals surface area contributed by atoms with Crippen LogP contribution in [0.25, 0.3) is 6.08 Å². The highest BCUT2D eigenvalue weighted by Gasteiger charge is 2.19. The molecular formula is C23H26N2O4. The highest BCUT2D eigenvalue weighted by molar-refractivity contribution is 5.92. The van der Waals surface area contributed by atoms with Crippen LogP contribution in [0.4, 0.5) is 5.69 Å². The lowest BCUT2D eigenvalue weighted by atomic mass is 10.1. The molecule has 2 aromatic rings. The van der Waals surface area contributed by atoms with Crippen molar-refractivity contribution in [2.75, 3.05) is 44.8 Å². The van der Waals surface area contributed by atoms with E-state index in [2.05, 4.69) is 11.5 Å². The van der Waals surface area contributed by atoms with Crippen molar-refractivity contribution in [3.8, 4) is 17.2 Å². The Labute approximate surface area is 171 Å². The molecule has 0 saturated carbocycles. The predicted octanol–water partition coefficient (Wildman–Crippen LogP) is 3.33. The summed E-state index contributed by atoms with van der Waals surface area (Å²) in [7, 11) is 1.59. The molecule has 1 amide bonds. The summed E-state index contributed by atoms with van der Waals surface area (Å²) in [6.07, 6.45) is 5.05. The van der Waals surface area contributed by atoms with Gasteiger partial charge in [0, 0.05) is 37.9 Å². The molecule has 1 fully saturated rings. The number of methoxy groups -OCH3 is 1. The molecule has 1 N–H and O–H groups in total. The minimum atomic E-state index is -0.0127. The Balaban J connectivity index is 1.57. The molecule has 1 aliphatic rings. The topological polar surface area (TPSA) is 62.2 Å². The molecular weight excluding hydrogens is 368 g/mol. The fourth-order valence-corrected chi connectivity index (χ4v) is 3.18. The minimum Gasteiger partial charge on any atom is -0.508 e. The number of rotatable bonds is 7. The Hall–Kier alpha value is -3.41. The van der Waals surface area contributed by atoms with Gasteiger partial charge < -0.3 is 24.4 Å². The third kappa shape index (κ3) is 5.31. The Morgan fingerprint density at radius 1 is 1.10 bits per heavy atom. The summed E-state index contributed by atoms with van der Waals surface area (Å²) in [5.41, 5.74) is 1.92. The van der Waals surface area contributed by atoms with Gasteiger partial charge in [0.05, 0.1) is 7.11 Å². The number of benzene rings is 2. The number of piperazine rings is 1. The van der Waals surface area contributed by atoms with Crippen LogP contribution in [-0.4, -0.2) is 55.8 Å². The fourth-order valence-electron chi connectivity index (χ4n) is 3.18. The lowest BCUT2D eigenvalue weighted by Crippen LogP contribution is -2.48. The van der Waals surface area contributed by atoms with Gasteiger partial charge in [0.1, 0.15) is 12.4 Å². The number of phenols is 1. The van der Waals surface area contributed by atoms with Crippen LogP contribution in [0.2, 0.25) is 0 Å². The smallest absolute Gasteiger partial charge is 0.246 e. The zero-order valence-electron chi connectivity index (χ0n) is 16.6. The largest absolute Gasteiger partial charge is 0.508 e. The van der Waals surface area contributed by atoms with Gasteiger partial charge in [-0.05, 0) is 48.0 Å². The number of hydrogen-bond acceptors (Lipinski definition) is 5. The van der Waals surface area contributed by atoms with Crippen molar-refractivity contribution in [3.05, 3.63) is 66.8 Å². The molecule has 0 atom stereocenters. The summed E-state index contributed by atoms with van der Waals surface area (Å²) >= 11 is 0. The van der Waals surface area contributed by atoms with Crippen LogP contribution in [0.3, 0.4) is 0 Å². The van der Waals surface area contributed by atoms with Crippen LogP contribution in [0, 0.1) is 0 Å². The molecule has 0 aromatic heterocycles. The van der Waals surface area contributed by atoms with Gasteiger partial charge in [-0.15, -0.1) is 0 Å². The maximum atomic E-state index is 12.5. The van der Waals surface area contributed by atoms with E-state index in [9.17, 15) is 9.90 Å². The summed E-state index contributed by atoms with van der Waals surface area (Å²) in [6, 6.07) is 12.7. The summed E-state index contributed by atoms with van der Waals surface area (Å²) < 4.78 is 10.9. The van der Waals surface area contributed by atoms with Gasteiger partial charge in [-0.3, -0.25) is 4.79 Å². The van der Waals surface area contributed by atoms with Crippen molar-refractivity contribution in [2.24, 2.45) is 0 Å². The maximum Gasteiger partial charge on any atom is 0.246 e. The first-order valence-corrected chi connectivity index (χ1v) is 9.53. The number of hydrogen-bond donors (Lipinski definition) is 1. The maximum absolute atomic E-state index is 12.5. The molecule has 0 unspecified atom stereocenters. The Bertz CT molecular complexity index is 869. The zero-order chi connectivity index (χ0) is 20.6. The highest BCUT2D eigenvalue weighted by Crippen LogP contribution is 2.28. The SMILES string of the molecule is C=CCOc1ccc(/C=C/C(=O)N2CCN(c3ccc(O)cc3)CC2)cc1OC. The van der Waals surface area contributed by atoms with Gasteiger partial charge >= 0.3 is 0 Å². The average Bonchev–Trinajstić information content (AvgIpc) is 2.77. The van der Waals surface area contributed by atoms with Crippen LogP contribution in [-0.2, 0) is 4.79 Å². The van der Waals surface area contributed by atoms with Crippen LogP contribution in [0.5, 0.6) is 17.2 Å². The third-order valence-corrected chi connectivity index (χ3v) is 4.77. The number of aromatic hydroxyl groups is 1. The quantitative estimate of drug-likeness (QED) is 0.577. The third-order valence-electron chi connectivity index (χ3n) is 4.77. The van der Waals surface area contributed by atoms with Crippen LogP contribution in [0.15, 0.2) is 61.2 Å². The Kier molecular flexibility index (Phi) is 6.79. The number of carbonyl (C=O) groups is 1. The normalized spacial score (nSPS) is 14.1. The van der Waals surface area contributed by atoms with E-state index in [1.165, 1.54) is 0 Å². The van der Waals surface area contributed by atoms with Gasteiger partial charge in [0.25, 0.3) is 0 Å². The van der Waals surface area contributed by atoms with E-state index >= 15 is 0 Å². The number of ether oxygens (including phenoxy) is 2. The lowest BCUT2D eigenvalue weighted by Gasteiger charge is -2.35. The Morgan fingerprint density at radius 2 is 1.83 bits per heavy atom. The first-order chi connectivity index (χ1) is 14.1. The van der Waals surface area contributed by atoms with E-state index < -0.39 is 0 Å². The summed E-state index contributed by atoms with van der Waals surface area (Å²) in [6.45, 7) is 6.86. The molecule has 29 heavy (non-hydrogen) atoms. The van der Waals surface area contributed by atoms with Crippen molar-refractivity contribution in [2.45, 2.75) is 0 Å². The van der Waals surface area contributed by atoms with Crippen molar-refractivity contribution in [1.82, 2.24) is 4.90 Å². The molecule has 0 aliphatic carbocycles. The Morgan fingerprint density at radius 3 is 2.48 bits per heavy atom. The van der Waals surface area contributed by atoms with Gasteiger partial charge in [0.15, 0.2) is 11.5 Å². The second-order valence-electron chi connectivity index (χ2n) is 6.67. The first-order valence-electron chi connectivity index (χ1n) is 9.53. The van der Waals surface area contributed by atoms with Crippen molar-refractivity contribution < 1.29 is 19.4 Å². The number of anilines is 1. The second-order valence-corrected chi connectivity index (χ2v) is 6.67. The number of nitrogens with zero attached hydrogens (tertiary/aromatic N) is 2. The first kappa shape index (κ1) is 20.3. The van der Waals surface area contributed by atoms with E-state index in [-0.39, 0.29) is 11.7 Å². The second kappa shape index (κ2) is 9.68. The summed E-state index contributed by atoms with van der Waals surface area (Å²) in [4.78, 5) is 16.6. The number of amides is 1. The molecule has 0 spiro atoms. The average molecular weight is 394 g/mol. The zero-order valence-corrected chi connectivity index (χ0v) is 16.6. The van der Waals surface area contributed by atoms with E-state index in [4.69, 9.17) is 9.47 Å². The standard InChI is InChI=1S/C23H26N2O4/c1-3-16-29-21-10-4-18(17-22(21)28-2)5-11-23(27)25-14-12-24(13-15-25)19-6-8-20(26)9-7-19/h3-11,17,26H,1,12-16H2,2H3/b11-5+. The molecule has 0 bridgehead atoms. The molecule has 1 saturated heterocycles. The molecule has 0 radical (unpaired) electrons. The molecule has 2 aromatic carbocycles. The van der Waals surface area contributed by atoms with E-state index in [0.717, 1.165) is 24.3 Å². The molecule has 1 heterocycles. The van der Waals surface area contributed by atoms with Crippen LogP contribution < -0.4 is 14.4 Å². The molecule has 152 valence electrons. The lowest BCUT2D eigenvalue weighted by molar-refractivity contribution is -0.126. The van der Waals surface area contributed by atoms with E-state index in [0.29, 0.717) is 31.2 Å². The van der Waals surface area contributed by atoms with Gasteiger partial charge in [-0.25, -0.2) is 0 Å². The van der Waals surface area contributed by atoms with E-state index in [1.54, 1.807) is 37.5 Å². The van der Waals surface area contributed by atoms with Crippen molar-refractivity contribution in [1.29, 1.82) is 0 Å². The predicted molar refractivity (Wildman–Crippen MR) is 115 cm³/mol. The van der Waals surface area contributed by atoms with Gasteiger partial charge in [0.2, 0.25) is 5.91 Å². The molecule has 3 rings (SSSR count). The van der Waals surface area contributed by atoms with Crippen molar-refractivity contribution >= 4 is 17.7 Å². The van der Waals surface area contributed by atoms with Crippen molar-refractivity contribution in [3.63, 3.8) is 0 Å². The fraction of sp³-hybridized carbons (Fsp3) is 0.261. The summed E-state index contributed by atoms with van der Waals surface area (Å²) in [5.74, 6) is 1.50. The van der Waals surface area contributed by atoms with Gasteiger partial charge in [-0.1, -0.05) is 18.7 Å². The van der Waals surface area contributed by atoms with Crippen LogP contribution >= 0.6 is 0 Å². The summed E-state index contributed by atoms with van der Waals surface area (Å²) in [5, 5.41) is 9.41. The monoisotopic (exact) mass is 394 g/mol. The van der Waals surface area contributed by atoms with Crippen LogP contribution in [0.1, 0.15) is 5.56 Å². The molecule has 6 nitrogen and oxygen atoms in total. The molecule has 6 heteroatoms. The van der Waals surface area contributed by atoms with Gasteiger partial charge in [-0.2, -0.15) is 0 Å². The highest BCUT2D eigenvalue weighted by atomic mass is 16.5. The minimum absolute atomic E-state index is 0.0127. The number of phenolic OH excluding ortho intramolecular Hbond substituents is 1. The number of carbonyl (C=O) groups excluding carboxylic acids is 1.